The molecule has 1 saturated heterocycles. The molecule has 1 atom stereocenters. The first-order valence-electron chi connectivity index (χ1n) is 11.6. The third-order valence-corrected chi connectivity index (χ3v) is 6.71. The van der Waals surface area contributed by atoms with Crippen molar-refractivity contribution < 1.29 is 28.2 Å². The van der Waals surface area contributed by atoms with Crippen LogP contribution in [0.25, 0.3) is 0 Å². The first kappa shape index (κ1) is 27.1. The van der Waals surface area contributed by atoms with Gasteiger partial charge in [-0.25, -0.2) is 4.39 Å². The van der Waals surface area contributed by atoms with Gasteiger partial charge in [0.05, 0.1) is 18.9 Å². The summed E-state index contributed by atoms with van der Waals surface area (Å²) in [5, 5.41) is 2.66. The van der Waals surface area contributed by atoms with Crippen LogP contribution >= 0.6 is 31.9 Å². The molecule has 1 aliphatic rings. The van der Waals surface area contributed by atoms with E-state index in [9.17, 15) is 14.0 Å². The lowest BCUT2D eigenvalue weighted by molar-refractivity contribution is -0.142. The molecule has 2 amide bonds. The molecule has 0 radical (unpaired) electrons. The Hall–Kier alpha value is -2.95. The molecule has 1 unspecified atom stereocenters. The first-order chi connectivity index (χ1) is 17.8. The number of hydrogen-bond acceptors (Lipinski definition) is 5. The number of hydrogen-bond donors (Lipinski definition) is 1. The fourth-order valence-corrected chi connectivity index (χ4v) is 4.43. The van der Waals surface area contributed by atoms with Crippen molar-refractivity contribution in [2.24, 2.45) is 5.92 Å². The molecule has 37 heavy (non-hydrogen) atoms. The maximum absolute atomic E-state index is 14.3. The molecular formula is C27H25Br2FN2O5. The van der Waals surface area contributed by atoms with Gasteiger partial charge >= 0.3 is 11.8 Å². The van der Waals surface area contributed by atoms with E-state index >= 15 is 0 Å². The van der Waals surface area contributed by atoms with Crippen LogP contribution in [0.5, 0.6) is 17.2 Å². The number of para-hydroxylation sites is 1. The number of carbonyl (C=O) groups is 2. The van der Waals surface area contributed by atoms with Gasteiger partial charge in [0.15, 0.2) is 11.6 Å². The minimum Gasteiger partial charge on any atom is -0.491 e. The summed E-state index contributed by atoms with van der Waals surface area (Å²) >= 11 is 6.61. The maximum Gasteiger partial charge on any atom is 0.314 e. The zero-order valence-corrected chi connectivity index (χ0v) is 23.2. The highest BCUT2D eigenvalue weighted by atomic mass is 79.9. The number of benzene rings is 3. The molecule has 3 aromatic rings. The Labute approximate surface area is 231 Å². The number of anilines is 1. The monoisotopic (exact) mass is 634 g/mol. The van der Waals surface area contributed by atoms with E-state index in [-0.39, 0.29) is 18.2 Å². The smallest absolute Gasteiger partial charge is 0.314 e. The molecular weight excluding hydrogens is 611 g/mol. The van der Waals surface area contributed by atoms with Gasteiger partial charge in [0.25, 0.3) is 0 Å². The third kappa shape index (κ3) is 7.30. The minimum atomic E-state index is -0.813. The molecule has 3 aromatic carbocycles. The summed E-state index contributed by atoms with van der Waals surface area (Å²) in [4.78, 5) is 27.0. The van der Waals surface area contributed by atoms with Crippen LogP contribution in [0, 0.1) is 11.7 Å². The highest BCUT2D eigenvalue weighted by molar-refractivity contribution is 9.10. The standard InChI is InChI=1S/C27H25Br2FN2O5/c1-32(14-18-4-2-3-5-23(18)37-24-8-6-19(28)12-21(24)30)27(34)26(33)31-22-13-20(29)7-9-25(22)36-16-17-10-11-35-15-17/h2-9,12-13,17H,10-11,14-16H2,1H3,(H,31,33). The summed E-state index contributed by atoms with van der Waals surface area (Å²) in [6.45, 7) is 1.88. The number of ether oxygens (including phenoxy) is 3. The molecule has 0 bridgehead atoms. The van der Waals surface area contributed by atoms with Crippen molar-refractivity contribution in [3.63, 3.8) is 0 Å². The largest absolute Gasteiger partial charge is 0.491 e. The zero-order chi connectivity index (χ0) is 26.4. The van der Waals surface area contributed by atoms with Crippen molar-refractivity contribution in [2.75, 3.05) is 32.2 Å². The Morgan fingerprint density at radius 1 is 1.05 bits per heavy atom. The molecule has 4 rings (SSSR count). The lowest BCUT2D eigenvalue weighted by Crippen LogP contribution is -2.36. The number of nitrogens with one attached hydrogen (secondary N) is 1. The van der Waals surface area contributed by atoms with Crippen LogP contribution in [0.15, 0.2) is 69.6 Å². The molecule has 0 saturated carbocycles. The van der Waals surface area contributed by atoms with Crippen LogP contribution < -0.4 is 14.8 Å². The van der Waals surface area contributed by atoms with Crippen LogP contribution in [0.4, 0.5) is 10.1 Å². The van der Waals surface area contributed by atoms with E-state index < -0.39 is 17.6 Å². The quantitative estimate of drug-likeness (QED) is 0.300. The lowest BCUT2D eigenvalue weighted by Gasteiger charge is -2.20. The average molecular weight is 636 g/mol. The van der Waals surface area contributed by atoms with E-state index in [0.717, 1.165) is 10.9 Å². The van der Waals surface area contributed by atoms with Gasteiger partial charge in [-0.2, -0.15) is 0 Å². The fourth-order valence-electron chi connectivity index (χ4n) is 3.74. The van der Waals surface area contributed by atoms with Gasteiger partial charge < -0.3 is 24.4 Å². The molecule has 1 aliphatic heterocycles. The Morgan fingerprint density at radius 3 is 2.51 bits per heavy atom. The number of carbonyl (C=O) groups excluding carboxylic acids is 2. The Morgan fingerprint density at radius 2 is 1.78 bits per heavy atom. The highest BCUT2D eigenvalue weighted by Gasteiger charge is 2.23. The van der Waals surface area contributed by atoms with Gasteiger partial charge in [-0.15, -0.1) is 0 Å². The Bertz CT molecular complexity index is 1280. The van der Waals surface area contributed by atoms with Gasteiger partial charge in [-0.1, -0.05) is 50.1 Å². The fraction of sp³-hybridized carbons (Fsp3) is 0.259. The molecule has 194 valence electrons. The summed E-state index contributed by atoms with van der Waals surface area (Å²) in [7, 11) is 1.51. The first-order valence-corrected chi connectivity index (χ1v) is 13.2. The second-order valence-corrected chi connectivity index (χ2v) is 10.4. The number of likely N-dealkylation sites (N-methyl/N-ethyl adjacent to an activating group) is 1. The number of nitrogens with zero attached hydrogens (tertiary/aromatic N) is 1. The van der Waals surface area contributed by atoms with Crippen LogP contribution in [0.2, 0.25) is 0 Å². The average Bonchev–Trinajstić information content (AvgIpc) is 3.39. The molecule has 0 spiro atoms. The van der Waals surface area contributed by atoms with Gasteiger partial charge in [-0.05, 0) is 48.9 Å². The molecule has 1 fully saturated rings. The van der Waals surface area contributed by atoms with E-state index in [1.165, 1.54) is 24.1 Å². The van der Waals surface area contributed by atoms with Crippen molar-refractivity contribution in [3.8, 4) is 17.2 Å². The van der Waals surface area contributed by atoms with E-state index in [1.807, 2.05) is 0 Å². The summed E-state index contributed by atoms with van der Waals surface area (Å²) in [5.41, 5.74) is 0.994. The molecule has 7 nitrogen and oxygen atoms in total. The van der Waals surface area contributed by atoms with Gasteiger partial charge in [0.2, 0.25) is 0 Å². The zero-order valence-electron chi connectivity index (χ0n) is 20.0. The molecule has 0 aliphatic carbocycles. The predicted octanol–water partition coefficient (Wildman–Crippen LogP) is 6.16. The van der Waals surface area contributed by atoms with Crippen LogP contribution in [0.3, 0.4) is 0 Å². The molecule has 0 aromatic heterocycles. The SMILES string of the molecule is CN(Cc1ccccc1Oc1ccc(Br)cc1F)C(=O)C(=O)Nc1cc(Br)ccc1OCC1CCOC1. The summed E-state index contributed by atoms with van der Waals surface area (Å²) in [6.07, 6.45) is 0.918. The van der Waals surface area contributed by atoms with Gasteiger partial charge in [0.1, 0.15) is 11.5 Å². The lowest BCUT2D eigenvalue weighted by atomic mass is 10.1. The highest BCUT2D eigenvalue weighted by Crippen LogP contribution is 2.31. The van der Waals surface area contributed by atoms with Crippen LogP contribution in [-0.4, -0.2) is 43.6 Å². The van der Waals surface area contributed by atoms with Crippen molar-refractivity contribution >= 4 is 49.4 Å². The van der Waals surface area contributed by atoms with E-state index in [4.69, 9.17) is 14.2 Å². The van der Waals surface area contributed by atoms with Crippen molar-refractivity contribution in [1.29, 1.82) is 0 Å². The Balaban J connectivity index is 1.42. The maximum atomic E-state index is 14.3. The number of rotatable bonds is 8. The topological polar surface area (TPSA) is 77.1 Å². The summed E-state index contributed by atoms with van der Waals surface area (Å²) < 4.78 is 32.7. The molecule has 10 heteroatoms. The van der Waals surface area contributed by atoms with Crippen LogP contribution in [0.1, 0.15) is 12.0 Å². The van der Waals surface area contributed by atoms with Crippen LogP contribution in [-0.2, 0) is 20.9 Å². The van der Waals surface area contributed by atoms with E-state index in [0.29, 0.717) is 47.0 Å². The third-order valence-electron chi connectivity index (χ3n) is 5.72. The number of amides is 2. The predicted molar refractivity (Wildman–Crippen MR) is 144 cm³/mol. The van der Waals surface area contributed by atoms with Gasteiger partial charge in [-0.3, -0.25) is 9.59 Å². The molecule has 1 N–H and O–H groups in total. The summed E-state index contributed by atoms with van der Waals surface area (Å²) in [5.74, 6) is -0.911. The molecule has 1 heterocycles. The normalized spacial score (nSPS) is 14.8. The second kappa shape index (κ2) is 12.5. The van der Waals surface area contributed by atoms with Gasteiger partial charge in [0, 0.05) is 40.6 Å². The van der Waals surface area contributed by atoms with Crippen molar-refractivity contribution in [1.82, 2.24) is 4.90 Å². The van der Waals surface area contributed by atoms with Crippen molar-refractivity contribution in [2.45, 2.75) is 13.0 Å². The number of halogens is 3. The Kier molecular flexibility index (Phi) is 9.18. The minimum absolute atomic E-state index is 0.0497. The van der Waals surface area contributed by atoms with Crippen molar-refractivity contribution in [3.05, 3.63) is 81.0 Å². The second-order valence-electron chi connectivity index (χ2n) is 8.58. The summed E-state index contributed by atoms with van der Waals surface area (Å²) in [6, 6.07) is 16.7. The van der Waals surface area contributed by atoms with E-state index in [1.54, 1.807) is 48.5 Å². The van der Waals surface area contributed by atoms with E-state index in [2.05, 4.69) is 37.2 Å².